The number of rotatable bonds is 8. The van der Waals surface area contributed by atoms with Gasteiger partial charge >= 0.3 is 0 Å². The van der Waals surface area contributed by atoms with E-state index in [1.807, 2.05) is 0 Å². The van der Waals surface area contributed by atoms with Crippen molar-refractivity contribution in [2.75, 3.05) is 26.8 Å². The molecule has 1 atom stereocenters. The van der Waals surface area contributed by atoms with Crippen LogP contribution in [0.25, 0.3) is 0 Å². The summed E-state index contributed by atoms with van der Waals surface area (Å²) in [6.45, 7) is 2.40. The average molecular weight is 284 g/mol. The van der Waals surface area contributed by atoms with Gasteiger partial charge in [0, 0.05) is 38.3 Å². The first-order valence-electron chi connectivity index (χ1n) is 7.04. The summed E-state index contributed by atoms with van der Waals surface area (Å²) >= 11 is 0. The molecule has 2 N–H and O–H groups in total. The molecule has 1 aliphatic carbocycles. The maximum atomic E-state index is 13.2. The molecule has 2 rings (SSSR count). The van der Waals surface area contributed by atoms with Crippen LogP contribution in [-0.4, -0.2) is 37.7 Å². The summed E-state index contributed by atoms with van der Waals surface area (Å²) in [7, 11) is 1.69. The van der Waals surface area contributed by atoms with Crippen LogP contribution in [0, 0.1) is 11.6 Å². The van der Waals surface area contributed by atoms with Crippen molar-refractivity contribution in [1.82, 2.24) is 4.90 Å². The predicted octanol–water partition coefficient (Wildman–Crippen LogP) is 2.47. The summed E-state index contributed by atoms with van der Waals surface area (Å²) in [6.07, 6.45) is 3.12. The molecule has 1 unspecified atom stereocenters. The van der Waals surface area contributed by atoms with Crippen molar-refractivity contribution in [3.63, 3.8) is 0 Å². The summed E-state index contributed by atoms with van der Waals surface area (Å²) in [5.74, 6) is -1.15. The van der Waals surface area contributed by atoms with Gasteiger partial charge in [-0.15, -0.1) is 0 Å². The molecule has 1 aromatic rings. The second kappa shape index (κ2) is 7.11. The van der Waals surface area contributed by atoms with Crippen LogP contribution in [0.5, 0.6) is 0 Å². The van der Waals surface area contributed by atoms with Crippen LogP contribution in [0.3, 0.4) is 0 Å². The highest BCUT2D eigenvalue weighted by molar-refractivity contribution is 5.21. The van der Waals surface area contributed by atoms with Crippen LogP contribution < -0.4 is 5.73 Å². The van der Waals surface area contributed by atoms with Crippen LogP contribution >= 0.6 is 0 Å². The van der Waals surface area contributed by atoms with Gasteiger partial charge in [0.2, 0.25) is 0 Å². The fourth-order valence-electron chi connectivity index (χ4n) is 2.39. The number of nitrogens with zero attached hydrogens (tertiary/aromatic N) is 1. The van der Waals surface area contributed by atoms with Gasteiger partial charge in [0.25, 0.3) is 0 Å². The van der Waals surface area contributed by atoms with Crippen LogP contribution in [0.4, 0.5) is 8.78 Å². The first-order chi connectivity index (χ1) is 9.60. The molecule has 0 aliphatic heterocycles. The van der Waals surface area contributed by atoms with Crippen LogP contribution in [-0.2, 0) is 4.74 Å². The summed E-state index contributed by atoms with van der Waals surface area (Å²) < 4.78 is 31.4. The molecule has 0 heterocycles. The minimum Gasteiger partial charge on any atom is -0.383 e. The Kier molecular flexibility index (Phi) is 5.46. The number of hydrogen-bond acceptors (Lipinski definition) is 3. The first kappa shape index (κ1) is 15.4. The zero-order valence-electron chi connectivity index (χ0n) is 11.8. The van der Waals surface area contributed by atoms with Crippen LogP contribution in [0.15, 0.2) is 18.2 Å². The topological polar surface area (TPSA) is 38.5 Å². The van der Waals surface area contributed by atoms with Crippen molar-refractivity contribution in [3.05, 3.63) is 35.4 Å². The van der Waals surface area contributed by atoms with E-state index in [2.05, 4.69) is 4.90 Å². The number of benzene rings is 1. The molecule has 20 heavy (non-hydrogen) atoms. The Morgan fingerprint density at radius 3 is 2.45 bits per heavy atom. The predicted molar refractivity (Wildman–Crippen MR) is 74.4 cm³/mol. The minimum absolute atomic E-state index is 0.344. The molecular formula is C15H22F2N2O. The van der Waals surface area contributed by atoms with Crippen molar-refractivity contribution in [3.8, 4) is 0 Å². The van der Waals surface area contributed by atoms with Crippen molar-refractivity contribution >= 4 is 0 Å². The van der Waals surface area contributed by atoms with Gasteiger partial charge in [-0.3, -0.25) is 4.90 Å². The van der Waals surface area contributed by atoms with Gasteiger partial charge in [-0.05, 0) is 37.0 Å². The van der Waals surface area contributed by atoms with E-state index in [-0.39, 0.29) is 6.04 Å². The smallest absolute Gasteiger partial charge is 0.126 e. The van der Waals surface area contributed by atoms with E-state index in [9.17, 15) is 8.78 Å². The van der Waals surface area contributed by atoms with Crippen LogP contribution in [0.2, 0.25) is 0 Å². The van der Waals surface area contributed by atoms with Gasteiger partial charge in [0.15, 0.2) is 0 Å². The highest BCUT2D eigenvalue weighted by Crippen LogP contribution is 2.27. The Hall–Kier alpha value is -1.04. The maximum Gasteiger partial charge on any atom is 0.126 e. The largest absolute Gasteiger partial charge is 0.383 e. The van der Waals surface area contributed by atoms with Gasteiger partial charge in [-0.25, -0.2) is 8.78 Å². The van der Waals surface area contributed by atoms with E-state index in [1.54, 1.807) is 7.11 Å². The molecule has 0 bridgehead atoms. The summed E-state index contributed by atoms with van der Waals surface area (Å²) in [5.41, 5.74) is 6.56. The summed E-state index contributed by atoms with van der Waals surface area (Å²) in [6, 6.07) is 3.77. The summed E-state index contributed by atoms with van der Waals surface area (Å²) in [4.78, 5) is 2.35. The molecule has 0 spiro atoms. The van der Waals surface area contributed by atoms with Gasteiger partial charge in [0.1, 0.15) is 11.6 Å². The number of hydrogen-bond donors (Lipinski definition) is 1. The van der Waals surface area contributed by atoms with Crippen molar-refractivity contribution in [2.24, 2.45) is 5.73 Å². The quantitative estimate of drug-likeness (QED) is 0.797. The Morgan fingerprint density at radius 2 is 1.90 bits per heavy atom. The van der Waals surface area contributed by atoms with E-state index in [1.165, 1.54) is 25.0 Å². The lowest BCUT2D eigenvalue weighted by Crippen LogP contribution is -2.32. The molecule has 3 nitrogen and oxygen atoms in total. The fraction of sp³-hybridized carbons (Fsp3) is 0.600. The molecule has 1 saturated carbocycles. The molecule has 0 saturated heterocycles. The van der Waals surface area contributed by atoms with Crippen molar-refractivity contribution < 1.29 is 13.5 Å². The third-order valence-corrected chi connectivity index (χ3v) is 3.69. The number of ether oxygens (including phenoxy) is 1. The van der Waals surface area contributed by atoms with Crippen molar-refractivity contribution in [1.29, 1.82) is 0 Å². The summed E-state index contributed by atoms with van der Waals surface area (Å²) in [5, 5.41) is 0. The molecule has 112 valence electrons. The van der Waals surface area contributed by atoms with E-state index < -0.39 is 11.6 Å². The lowest BCUT2D eigenvalue weighted by Gasteiger charge is -2.23. The van der Waals surface area contributed by atoms with Crippen LogP contribution in [0.1, 0.15) is 30.9 Å². The zero-order valence-corrected chi connectivity index (χ0v) is 11.8. The molecule has 1 aliphatic rings. The Balaban J connectivity index is 1.87. The highest BCUT2D eigenvalue weighted by Gasteiger charge is 2.28. The second-order valence-corrected chi connectivity index (χ2v) is 5.36. The minimum atomic E-state index is -0.575. The van der Waals surface area contributed by atoms with Gasteiger partial charge < -0.3 is 10.5 Å². The monoisotopic (exact) mass is 284 g/mol. The Labute approximate surface area is 118 Å². The average Bonchev–Trinajstić information content (AvgIpc) is 3.22. The molecule has 1 fully saturated rings. The highest BCUT2D eigenvalue weighted by atomic mass is 19.1. The van der Waals surface area contributed by atoms with Crippen molar-refractivity contribution in [2.45, 2.75) is 31.3 Å². The lowest BCUT2D eigenvalue weighted by molar-refractivity contribution is 0.141. The second-order valence-electron chi connectivity index (χ2n) is 5.36. The van der Waals surface area contributed by atoms with E-state index >= 15 is 0 Å². The number of methoxy groups -OCH3 is 1. The third kappa shape index (κ3) is 4.51. The zero-order chi connectivity index (χ0) is 14.5. The maximum absolute atomic E-state index is 13.2. The molecule has 0 aromatic heterocycles. The molecule has 5 heteroatoms. The Bertz CT molecular complexity index is 418. The first-order valence-corrected chi connectivity index (χ1v) is 7.04. The van der Waals surface area contributed by atoms with Gasteiger partial charge in [-0.1, -0.05) is 0 Å². The number of nitrogens with two attached hydrogens (primary N) is 1. The normalized spacial score (nSPS) is 16.6. The van der Waals surface area contributed by atoms with E-state index in [0.29, 0.717) is 24.6 Å². The standard InChI is InChI=1S/C15H22F2N2O/c1-20-7-6-19(14-2-3-14)5-4-15(18)11-8-12(16)10-13(17)9-11/h8-10,14-15H,2-7,18H2,1H3. The molecule has 0 radical (unpaired) electrons. The van der Waals surface area contributed by atoms with Gasteiger partial charge in [0.05, 0.1) is 6.61 Å². The fourth-order valence-corrected chi connectivity index (χ4v) is 2.39. The lowest BCUT2D eigenvalue weighted by atomic mass is 10.0. The van der Waals surface area contributed by atoms with E-state index in [4.69, 9.17) is 10.5 Å². The Morgan fingerprint density at radius 1 is 1.25 bits per heavy atom. The SMILES string of the molecule is COCCN(CCC(N)c1cc(F)cc(F)c1)C1CC1. The third-order valence-electron chi connectivity index (χ3n) is 3.69. The number of halogens is 2. The molecule has 1 aromatic carbocycles. The van der Waals surface area contributed by atoms with Gasteiger partial charge in [-0.2, -0.15) is 0 Å². The molecule has 0 amide bonds. The molecular weight excluding hydrogens is 262 g/mol. The van der Waals surface area contributed by atoms with E-state index in [0.717, 1.165) is 19.2 Å².